The Morgan fingerprint density at radius 2 is 1.90 bits per heavy atom. The molecule has 0 saturated carbocycles. The van der Waals surface area contributed by atoms with Crippen LogP contribution in [0.5, 0.6) is 0 Å². The minimum absolute atomic E-state index is 0.158. The zero-order valence-corrected chi connectivity index (χ0v) is 13.3. The zero-order chi connectivity index (χ0) is 15.6. The molecule has 0 amide bonds. The molecule has 1 aromatic rings. The van der Waals surface area contributed by atoms with Gasteiger partial charge < -0.3 is 5.32 Å². The summed E-state index contributed by atoms with van der Waals surface area (Å²) in [5.41, 5.74) is -0.644. The van der Waals surface area contributed by atoms with Crippen molar-refractivity contribution in [3.8, 4) is 0 Å². The molecular weight excluding hydrogens is 322 g/mol. The number of alkyl halides is 3. The van der Waals surface area contributed by atoms with Gasteiger partial charge in [-0.3, -0.25) is 0 Å². The average molecular weight is 339 g/mol. The van der Waals surface area contributed by atoms with Gasteiger partial charge in [-0.25, -0.2) is 4.39 Å². The normalized spacial score (nSPS) is 24.9. The first kappa shape index (κ1) is 17.0. The molecule has 1 N–H and O–H groups in total. The van der Waals surface area contributed by atoms with Gasteiger partial charge in [0.2, 0.25) is 0 Å². The smallest absolute Gasteiger partial charge is 0.312 e. The van der Waals surface area contributed by atoms with Gasteiger partial charge in [0.1, 0.15) is 5.82 Å². The van der Waals surface area contributed by atoms with E-state index in [1.165, 1.54) is 6.07 Å². The molecule has 1 fully saturated rings. The summed E-state index contributed by atoms with van der Waals surface area (Å²) in [4.78, 5) is 0. The predicted molar refractivity (Wildman–Crippen MR) is 81.4 cm³/mol. The Kier molecular flexibility index (Phi) is 5.48. The second kappa shape index (κ2) is 6.79. The number of nitrogens with one attached hydrogen (secondary N) is 1. The largest absolute Gasteiger partial charge is 0.419 e. The molecule has 118 valence electrons. The molecule has 21 heavy (non-hydrogen) atoms. The van der Waals surface area contributed by atoms with Gasteiger partial charge in [-0.2, -0.15) is 36.7 Å². The summed E-state index contributed by atoms with van der Waals surface area (Å²) in [6.07, 6.45) is -4.65. The Hall–Kier alpha value is -0.400. The molecule has 0 aromatic heterocycles. The van der Waals surface area contributed by atoms with E-state index >= 15 is 0 Å². The molecule has 2 rings (SSSR count). The standard InChI is InChI=1S/C14H17F4NS2/c1-8-13(21-6-5-20-8)12(19-2)9-3-4-10(11(15)7-9)14(16,17)18/h3-4,7-8,12-13,19H,5-6H2,1-2H3. The molecule has 1 heterocycles. The summed E-state index contributed by atoms with van der Waals surface area (Å²) < 4.78 is 51.6. The van der Waals surface area contributed by atoms with Crippen molar-refractivity contribution >= 4 is 23.5 Å². The van der Waals surface area contributed by atoms with Gasteiger partial charge in [0.25, 0.3) is 0 Å². The van der Waals surface area contributed by atoms with Crippen LogP contribution in [0, 0.1) is 5.82 Å². The van der Waals surface area contributed by atoms with E-state index in [-0.39, 0.29) is 11.3 Å². The highest BCUT2D eigenvalue weighted by atomic mass is 32.2. The van der Waals surface area contributed by atoms with Gasteiger partial charge in [0.15, 0.2) is 0 Å². The summed E-state index contributed by atoms with van der Waals surface area (Å²) in [6.45, 7) is 2.10. The lowest BCUT2D eigenvalue weighted by Crippen LogP contribution is -2.36. The maximum Gasteiger partial charge on any atom is 0.419 e. The van der Waals surface area contributed by atoms with Crippen LogP contribution in [0.1, 0.15) is 24.1 Å². The van der Waals surface area contributed by atoms with Gasteiger partial charge in [-0.1, -0.05) is 13.0 Å². The van der Waals surface area contributed by atoms with Gasteiger partial charge in [0.05, 0.1) is 5.56 Å². The Bertz CT molecular complexity index is 492. The third-order valence-electron chi connectivity index (χ3n) is 3.53. The minimum atomic E-state index is -4.65. The molecule has 0 bridgehead atoms. The Morgan fingerprint density at radius 1 is 1.24 bits per heavy atom. The van der Waals surface area contributed by atoms with Gasteiger partial charge in [0, 0.05) is 28.0 Å². The van der Waals surface area contributed by atoms with Crippen molar-refractivity contribution in [3.63, 3.8) is 0 Å². The Labute approximate surface area is 130 Å². The zero-order valence-electron chi connectivity index (χ0n) is 11.7. The third kappa shape index (κ3) is 3.87. The topological polar surface area (TPSA) is 12.0 Å². The second-order valence-corrected chi connectivity index (χ2v) is 7.69. The maximum atomic E-state index is 13.7. The van der Waals surface area contributed by atoms with Crippen molar-refractivity contribution in [1.82, 2.24) is 5.32 Å². The van der Waals surface area contributed by atoms with E-state index in [4.69, 9.17) is 0 Å². The van der Waals surface area contributed by atoms with E-state index in [1.807, 2.05) is 11.8 Å². The third-order valence-corrected chi connectivity index (χ3v) is 6.73. The molecule has 1 aromatic carbocycles. The van der Waals surface area contributed by atoms with Crippen molar-refractivity contribution in [1.29, 1.82) is 0 Å². The molecule has 1 nitrogen and oxygen atoms in total. The van der Waals surface area contributed by atoms with Crippen molar-refractivity contribution in [2.45, 2.75) is 29.6 Å². The first-order valence-electron chi connectivity index (χ1n) is 6.61. The summed E-state index contributed by atoms with van der Waals surface area (Å²) in [6, 6.07) is 3.06. The van der Waals surface area contributed by atoms with Crippen LogP contribution in [0.25, 0.3) is 0 Å². The molecule has 0 spiro atoms. The van der Waals surface area contributed by atoms with Gasteiger partial charge >= 0.3 is 6.18 Å². The molecule has 0 aliphatic carbocycles. The van der Waals surface area contributed by atoms with Crippen LogP contribution in [0.15, 0.2) is 18.2 Å². The molecule has 7 heteroatoms. The minimum Gasteiger partial charge on any atom is -0.312 e. The van der Waals surface area contributed by atoms with Crippen LogP contribution in [0.2, 0.25) is 0 Å². The molecule has 1 aliphatic heterocycles. The van der Waals surface area contributed by atoms with Crippen molar-refractivity contribution in [2.24, 2.45) is 0 Å². The van der Waals surface area contributed by atoms with Crippen molar-refractivity contribution < 1.29 is 17.6 Å². The SMILES string of the molecule is CNC(c1ccc(C(F)(F)F)c(F)c1)C1SCCSC1C. The predicted octanol–water partition coefficient (Wildman–Crippen LogP) is 4.34. The fourth-order valence-electron chi connectivity index (χ4n) is 2.49. The fourth-order valence-corrected chi connectivity index (χ4v) is 5.48. The first-order chi connectivity index (χ1) is 9.84. The molecule has 1 saturated heterocycles. The average Bonchev–Trinajstić information content (AvgIpc) is 2.40. The summed E-state index contributed by atoms with van der Waals surface area (Å²) >= 11 is 3.63. The number of benzene rings is 1. The van der Waals surface area contributed by atoms with E-state index < -0.39 is 17.6 Å². The lowest BCUT2D eigenvalue weighted by molar-refractivity contribution is -0.140. The second-order valence-electron chi connectivity index (χ2n) is 4.91. The first-order valence-corrected chi connectivity index (χ1v) is 8.71. The van der Waals surface area contributed by atoms with E-state index in [1.54, 1.807) is 18.8 Å². The Balaban J connectivity index is 2.28. The maximum absolute atomic E-state index is 13.7. The van der Waals surface area contributed by atoms with E-state index in [0.29, 0.717) is 10.8 Å². The molecular formula is C14H17F4NS2. The molecule has 0 radical (unpaired) electrons. The van der Waals surface area contributed by atoms with Crippen LogP contribution in [-0.2, 0) is 6.18 Å². The lowest BCUT2D eigenvalue weighted by atomic mass is 9.99. The molecule has 3 atom stereocenters. The highest BCUT2D eigenvalue weighted by Crippen LogP contribution is 2.39. The monoisotopic (exact) mass is 339 g/mol. The van der Waals surface area contributed by atoms with Crippen LogP contribution in [0.3, 0.4) is 0 Å². The molecule has 1 aliphatic rings. The van der Waals surface area contributed by atoms with Crippen LogP contribution in [0.4, 0.5) is 17.6 Å². The number of thioether (sulfide) groups is 2. The molecule has 3 unspecified atom stereocenters. The fraction of sp³-hybridized carbons (Fsp3) is 0.571. The van der Waals surface area contributed by atoms with Crippen LogP contribution in [-0.4, -0.2) is 29.1 Å². The van der Waals surface area contributed by atoms with E-state index in [0.717, 1.165) is 23.6 Å². The van der Waals surface area contributed by atoms with E-state index in [2.05, 4.69) is 12.2 Å². The van der Waals surface area contributed by atoms with Gasteiger partial charge in [-0.05, 0) is 24.7 Å². The summed E-state index contributed by atoms with van der Waals surface area (Å²) in [7, 11) is 1.76. The summed E-state index contributed by atoms with van der Waals surface area (Å²) in [5, 5.41) is 3.70. The highest BCUT2D eigenvalue weighted by molar-refractivity contribution is 8.07. The number of hydrogen-bond acceptors (Lipinski definition) is 3. The van der Waals surface area contributed by atoms with Crippen molar-refractivity contribution in [3.05, 3.63) is 35.1 Å². The van der Waals surface area contributed by atoms with Crippen LogP contribution < -0.4 is 5.32 Å². The number of halogens is 4. The lowest BCUT2D eigenvalue weighted by Gasteiger charge is -2.34. The quantitative estimate of drug-likeness (QED) is 0.823. The number of hydrogen-bond donors (Lipinski definition) is 1. The van der Waals surface area contributed by atoms with Gasteiger partial charge in [-0.15, -0.1) is 0 Å². The Morgan fingerprint density at radius 3 is 2.43 bits per heavy atom. The van der Waals surface area contributed by atoms with Crippen molar-refractivity contribution in [2.75, 3.05) is 18.6 Å². The summed E-state index contributed by atoms with van der Waals surface area (Å²) in [5.74, 6) is 0.863. The number of rotatable bonds is 3. The van der Waals surface area contributed by atoms with Crippen LogP contribution >= 0.6 is 23.5 Å². The highest BCUT2D eigenvalue weighted by Gasteiger charge is 2.35. The van der Waals surface area contributed by atoms with E-state index in [9.17, 15) is 17.6 Å².